The van der Waals surface area contributed by atoms with Crippen LogP contribution in [0, 0.1) is 0 Å². The highest BCUT2D eigenvalue weighted by atomic mass is 16.6. The van der Waals surface area contributed by atoms with Crippen LogP contribution in [0.4, 0.5) is 0 Å². The second-order valence-corrected chi connectivity index (χ2v) is 16.8. The molecule has 6 heteroatoms. The average molecular weight is 851 g/mol. The minimum absolute atomic E-state index is 0.0867. The first-order valence-electron chi connectivity index (χ1n) is 25.5. The van der Waals surface area contributed by atoms with E-state index in [0.29, 0.717) is 19.3 Å². The first-order valence-corrected chi connectivity index (χ1v) is 25.5. The van der Waals surface area contributed by atoms with E-state index < -0.39 is 6.10 Å². The molecule has 61 heavy (non-hydrogen) atoms. The zero-order chi connectivity index (χ0) is 44.4. The molecular formula is C55H94O6. The number of unbranched alkanes of at least 4 members (excludes halogenated alkanes) is 26. The van der Waals surface area contributed by atoms with Crippen molar-refractivity contribution in [3.05, 3.63) is 72.9 Å². The Balaban J connectivity index is 4.44. The van der Waals surface area contributed by atoms with E-state index >= 15 is 0 Å². The van der Waals surface area contributed by atoms with Crippen LogP contribution in [-0.4, -0.2) is 37.2 Å². The van der Waals surface area contributed by atoms with Crippen molar-refractivity contribution in [2.45, 2.75) is 245 Å². The van der Waals surface area contributed by atoms with E-state index in [2.05, 4.69) is 75.5 Å². The number of allylic oxidation sites excluding steroid dienone is 12. The van der Waals surface area contributed by atoms with Gasteiger partial charge in [-0.25, -0.2) is 0 Å². The Bertz CT molecular complexity index is 1160. The van der Waals surface area contributed by atoms with Gasteiger partial charge >= 0.3 is 17.9 Å². The van der Waals surface area contributed by atoms with E-state index in [1.54, 1.807) is 0 Å². The van der Waals surface area contributed by atoms with Crippen molar-refractivity contribution >= 4 is 17.9 Å². The van der Waals surface area contributed by atoms with Crippen LogP contribution >= 0.6 is 0 Å². The monoisotopic (exact) mass is 851 g/mol. The quantitative estimate of drug-likeness (QED) is 0.0263. The summed E-state index contributed by atoms with van der Waals surface area (Å²) < 4.78 is 16.8. The third-order valence-electron chi connectivity index (χ3n) is 10.8. The van der Waals surface area contributed by atoms with E-state index in [1.807, 2.05) is 18.2 Å². The van der Waals surface area contributed by atoms with Crippen LogP contribution in [0.1, 0.15) is 239 Å². The zero-order valence-electron chi connectivity index (χ0n) is 39.9. The summed E-state index contributed by atoms with van der Waals surface area (Å²) in [6, 6.07) is 0. The molecule has 0 aliphatic rings. The predicted molar refractivity (Wildman–Crippen MR) is 261 cm³/mol. The molecule has 0 saturated carbocycles. The first-order chi connectivity index (χ1) is 30.0. The molecule has 0 spiro atoms. The molecule has 0 rings (SSSR count). The van der Waals surface area contributed by atoms with Crippen LogP contribution < -0.4 is 0 Å². The SMILES string of the molecule is CC\C=C/C=C\C=C/C=C\CCCCCCCC(=O)OCC(COC(=O)CCCCCCCCCCCCCCC)OC(=O)CCCCCCCC/C=C\C=C/CCCCC. The number of hydrogen-bond donors (Lipinski definition) is 0. The average Bonchev–Trinajstić information content (AvgIpc) is 3.26. The van der Waals surface area contributed by atoms with Crippen LogP contribution in [0.25, 0.3) is 0 Å². The Morgan fingerprint density at radius 1 is 0.344 bits per heavy atom. The van der Waals surface area contributed by atoms with E-state index in [-0.39, 0.29) is 31.1 Å². The van der Waals surface area contributed by atoms with Crippen LogP contribution in [-0.2, 0) is 28.6 Å². The molecule has 350 valence electrons. The molecule has 0 heterocycles. The summed E-state index contributed by atoms with van der Waals surface area (Å²) in [4.78, 5) is 37.9. The maximum absolute atomic E-state index is 12.8. The molecule has 6 nitrogen and oxygen atoms in total. The summed E-state index contributed by atoms with van der Waals surface area (Å²) in [7, 11) is 0. The Kier molecular flexibility index (Phi) is 46.9. The summed E-state index contributed by atoms with van der Waals surface area (Å²) >= 11 is 0. The molecule has 0 fully saturated rings. The molecule has 0 aromatic carbocycles. The molecule has 1 unspecified atom stereocenters. The molecule has 0 aliphatic heterocycles. The predicted octanol–water partition coefficient (Wildman–Crippen LogP) is 16.6. The number of esters is 3. The lowest BCUT2D eigenvalue weighted by atomic mass is 10.0. The molecule has 0 N–H and O–H groups in total. The molecule has 1 atom stereocenters. The van der Waals surface area contributed by atoms with Crippen LogP contribution in [0.15, 0.2) is 72.9 Å². The molecule has 0 radical (unpaired) electrons. The van der Waals surface area contributed by atoms with Crippen molar-refractivity contribution in [2.24, 2.45) is 0 Å². The highest BCUT2D eigenvalue weighted by Gasteiger charge is 2.19. The van der Waals surface area contributed by atoms with Crippen LogP contribution in [0.2, 0.25) is 0 Å². The fourth-order valence-electron chi connectivity index (χ4n) is 6.97. The lowest BCUT2D eigenvalue weighted by Crippen LogP contribution is -2.30. The van der Waals surface area contributed by atoms with Crippen molar-refractivity contribution in [2.75, 3.05) is 13.2 Å². The summed E-state index contributed by atoms with van der Waals surface area (Å²) in [5, 5.41) is 0. The summed E-state index contributed by atoms with van der Waals surface area (Å²) in [5.74, 6) is -0.920. The maximum Gasteiger partial charge on any atom is 0.306 e. The summed E-state index contributed by atoms with van der Waals surface area (Å²) in [6.45, 7) is 6.44. The molecule has 0 saturated heterocycles. The Labute approximate surface area is 376 Å². The van der Waals surface area contributed by atoms with Gasteiger partial charge in [0, 0.05) is 19.3 Å². The lowest BCUT2D eigenvalue weighted by Gasteiger charge is -2.18. The third kappa shape index (κ3) is 47.7. The van der Waals surface area contributed by atoms with Crippen LogP contribution in [0.5, 0.6) is 0 Å². The third-order valence-corrected chi connectivity index (χ3v) is 10.8. The van der Waals surface area contributed by atoms with Gasteiger partial charge in [0.05, 0.1) is 0 Å². The van der Waals surface area contributed by atoms with E-state index in [9.17, 15) is 14.4 Å². The number of hydrogen-bond acceptors (Lipinski definition) is 6. The van der Waals surface area contributed by atoms with Gasteiger partial charge in [0.25, 0.3) is 0 Å². The Morgan fingerprint density at radius 2 is 0.639 bits per heavy atom. The van der Waals surface area contributed by atoms with Gasteiger partial charge in [-0.15, -0.1) is 0 Å². The number of rotatable bonds is 45. The second kappa shape index (κ2) is 49.5. The largest absolute Gasteiger partial charge is 0.462 e. The van der Waals surface area contributed by atoms with Crippen molar-refractivity contribution in [3.8, 4) is 0 Å². The molecule has 0 aliphatic carbocycles. The standard InChI is InChI=1S/C55H94O6/c1-4-7-10-13-16-19-22-25-27-30-33-36-39-42-45-48-54(57)60-51-52(50-59-53(56)47-44-41-38-35-32-29-24-21-18-15-12-9-6-3)61-55(58)49-46-43-40-37-34-31-28-26-23-20-17-14-11-8-5-2/h7,10,13,16-17,19-20,22-23,25-27,52H,4-6,8-9,11-12,14-15,18,21,24,28-51H2,1-3H3/b10-7-,16-13-,20-17-,22-19-,26-23-,27-25-. The number of carbonyl (C=O) groups excluding carboxylic acids is 3. The van der Waals surface area contributed by atoms with Gasteiger partial charge in [-0.1, -0.05) is 229 Å². The van der Waals surface area contributed by atoms with Crippen molar-refractivity contribution < 1.29 is 28.6 Å². The smallest absolute Gasteiger partial charge is 0.306 e. The summed E-state index contributed by atoms with van der Waals surface area (Å²) in [5.41, 5.74) is 0. The van der Waals surface area contributed by atoms with E-state index in [0.717, 1.165) is 96.3 Å². The molecular weight excluding hydrogens is 757 g/mol. The number of ether oxygens (including phenoxy) is 3. The van der Waals surface area contributed by atoms with E-state index in [4.69, 9.17) is 14.2 Å². The van der Waals surface area contributed by atoms with Gasteiger partial charge in [-0.3, -0.25) is 14.4 Å². The van der Waals surface area contributed by atoms with E-state index in [1.165, 1.54) is 103 Å². The Hall–Kier alpha value is -3.15. The van der Waals surface area contributed by atoms with Crippen molar-refractivity contribution in [1.29, 1.82) is 0 Å². The zero-order valence-corrected chi connectivity index (χ0v) is 39.9. The molecule has 0 aromatic heterocycles. The topological polar surface area (TPSA) is 78.9 Å². The highest BCUT2D eigenvalue weighted by molar-refractivity contribution is 5.71. The fourth-order valence-corrected chi connectivity index (χ4v) is 6.97. The Morgan fingerprint density at radius 3 is 1.05 bits per heavy atom. The molecule has 0 amide bonds. The van der Waals surface area contributed by atoms with Gasteiger partial charge < -0.3 is 14.2 Å². The van der Waals surface area contributed by atoms with Gasteiger partial charge in [-0.2, -0.15) is 0 Å². The summed E-state index contributed by atoms with van der Waals surface area (Å²) in [6.07, 6.45) is 61.6. The minimum Gasteiger partial charge on any atom is -0.462 e. The van der Waals surface area contributed by atoms with Gasteiger partial charge in [0.1, 0.15) is 13.2 Å². The lowest BCUT2D eigenvalue weighted by molar-refractivity contribution is -0.167. The second-order valence-electron chi connectivity index (χ2n) is 16.8. The number of carbonyl (C=O) groups is 3. The fraction of sp³-hybridized carbons (Fsp3) is 0.727. The van der Waals surface area contributed by atoms with Crippen molar-refractivity contribution in [3.63, 3.8) is 0 Å². The normalized spacial score (nSPS) is 12.6. The van der Waals surface area contributed by atoms with Gasteiger partial charge in [-0.05, 0) is 64.2 Å². The van der Waals surface area contributed by atoms with Crippen LogP contribution in [0.3, 0.4) is 0 Å². The van der Waals surface area contributed by atoms with Gasteiger partial charge in [0.15, 0.2) is 6.10 Å². The highest BCUT2D eigenvalue weighted by Crippen LogP contribution is 2.15. The minimum atomic E-state index is -0.789. The first kappa shape index (κ1) is 57.9. The van der Waals surface area contributed by atoms with Crippen molar-refractivity contribution in [1.82, 2.24) is 0 Å². The molecule has 0 bridgehead atoms. The maximum atomic E-state index is 12.8. The van der Waals surface area contributed by atoms with Gasteiger partial charge in [0.2, 0.25) is 0 Å². The molecule has 0 aromatic rings.